The number of halogens is 2. The van der Waals surface area contributed by atoms with Crippen LogP contribution in [0.5, 0.6) is 11.5 Å². The van der Waals surface area contributed by atoms with E-state index in [1.807, 2.05) is 24.3 Å². The Kier molecular flexibility index (Phi) is 6.44. The number of para-hydroxylation sites is 1. The molecule has 0 unspecified atom stereocenters. The lowest BCUT2D eigenvalue weighted by Gasteiger charge is -2.30. The van der Waals surface area contributed by atoms with Crippen LogP contribution in [0.15, 0.2) is 71.2 Å². The van der Waals surface area contributed by atoms with Crippen LogP contribution in [0.2, 0.25) is 5.02 Å². The van der Waals surface area contributed by atoms with Crippen molar-refractivity contribution in [3.63, 3.8) is 0 Å². The van der Waals surface area contributed by atoms with Crippen molar-refractivity contribution in [2.75, 3.05) is 23.4 Å². The second-order valence-electron chi connectivity index (χ2n) is 6.84. The van der Waals surface area contributed by atoms with Crippen molar-refractivity contribution in [3.8, 4) is 11.5 Å². The average Bonchev–Trinajstić information content (AvgIpc) is 2.76. The molecule has 1 N–H and O–H groups in total. The summed E-state index contributed by atoms with van der Waals surface area (Å²) >= 11 is 9.46. The fourth-order valence-corrected chi connectivity index (χ4v) is 3.58. The van der Waals surface area contributed by atoms with E-state index in [2.05, 4.69) is 21.2 Å². The number of hydrogen-bond donors (Lipinski definition) is 1. The van der Waals surface area contributed by atoms with Gasteiger partial charge in [-0.2, -0.15) is 0 Å². The zero-order valence-electron chi connectivity index (χ0n) is 16.3. The van der Waals surface area contributed by atoms with Crippen LogP contribution in [-0.2, 0) is 16.1 Å². The second kappa shape index (κ2) is 9.41. The number of hydrogen-bond acceptors (Lipinski definition) is 4. The summed E-state index contributed by atoms with van der Waals surface area (Å²) in [5, 5.41) is 3.22. The highest BCUT2D eigenvalue weighted by atomic mass is 79.9. The number of anilines is 2. The standard InChI is InChI=1S/C23H18BrClN2O4/c24-16-7-5-15(6-8-16)12-27-19-11-17(9-10-21(19)31-14-23(27)29)26-22(28)13-30-20-4-2-1-3-18(20)25/h1-11H,12-14H2,(H,26,28). The zero-order valence-corrected chi connectivity index (χ0v) is 18.7. The van der Waals surface area contributed by atoms with E-state index in [1.54, 1.807) is 47.4 Å². The summed E-state index contributed by atoms with van der Waals surface area (Å²) in [6.07, 6.45) is 0. The maximum absolute atomic E-state index is 12.5. The minimum Gasteiger partial charge on any atom is -0.482 e. The lowest BCUT2D eigenvalue weighted by Crippen LogP contribution is -2.38. The fourth-order valence-electron chi connectivity index (χ4n) is 3.13. The highest BCUT2D eigenvalue weighted by Crippen LogP contribution is 2.35. The van der Waals surface area contributed by atoms with E-state index < -0.39 is 0 Å². The number of amides is 2. The molecule has 0 bridgehead atoms. The molecule has 0 spiro atoms. The first-order valence-corrected chi connectivity index (χ1v) is 10.7. The van der Waals surface area contributed by atoms with Gasteiger partial charge in [0.25, 0.3) is 11.8 Å². The number of rotatable bonds is 6. The van der Waals surface area contributed by atoms with Crippen LogP contribution in [0.25, 0.3) is 0 Å². The quantitative estimate of drug-likeness (QED) is 0.513. The minimum atomic E-state index is -0.345. The van der Waals surface area contributed by atoms with Gasteiger partial charge in [-0.05, 0) is 48.0 Å². The first-order valence-electron chi connectivity index (χ1n) is 9.48. The zero-order chi connectivity index (χ0) is 21.8. The Labute approximate surface area is 192 Å². The molecule has 8 heteroatoms. The Balaban J connectivity index is 1.47. The van der Waals surface area contributed by atoms with Gasteiger partial charge in [-0.25, -0.2) is 0 Å². The summed E-state index contributed by atoms with van der Waals surface area (Å²) in [6.45, 7) is 0.176. The van der Waals surface area contributed by atoms with Crippen molar-refractivity contribution >= 4 is 50.7 Å². The van der Waals surface area contributed by atoms with E-state index in [0.29, 0.717) is 34.4 Å². The number of nitrogens with one attached hydrogen (secondary N) is 1. The van der Waals surface area contributed by atoms with Crippen LogP contribution in [0.3, 0.4) is 0 Å². The molecule has 2 amide bonds. The molecule has 0 saturated heterocycles. The van der Waals surface area contributed by atoms with Gasteiger partial charge in [0, 0.05) is 10.2 Å². The van der Waals surface area contributed by atoms with E-state index in [4.69, 9.17) is 21.1 Å². The Hall–Kier alpha value is -3.03. The first kappa shape index (κ1) is 21.2. The predicted molar refractivity (Wildman–Crippen MR) is 123 cm³/mol. The molecule has 1 aliphatic rings. The molecule has 4 rings (SSSR count). The third-order valence-corrected chi connectivity index (χ3v) is 5.48. The number of nitrogens with zero attached hydrogens (tertiary/aromatic N) is 1. The summed E-state index contributed by atoms with van der Waals surface area (Å²) in [5.41, 5.74) is 2.11. The first-order chi connectivity index (χ1) is 15.0. The van der Waals surface area contributed by atoms with Crippen LogP contribution >= 0.6 is 27.5 Å². The van der Waals surface area contributed by atoms with Crippen molar-refractivity contribution < 1.29 is 19.1 Å². The normalized spacial score (nSPS) is 12.7. The summed E-state index contributed by atoms with van der Waals surface area (Å²) in [6, 6.07) is 19.9. The molecule has 3 aromatic carbocycles. The molecule has 1 heterocycles. The summed E-state index contributed by atoms with van der Waals surface area (Å²) in [7, 11) is 0. The molecule has 0 saturated carbocycles. The number of carbonyl (C=O) groups is 2. The van der Waals surface area contributed by atoms with Gasteiger partial charge in [0.05, 0.1) is 17.3 Å². The summed E-state index contributed by atoms with van der Waals surface area (Å²) in [5.74, 6) is 0.523. The number of fused-ring (bicyclic) bond motifs is 1. The molecule has 0 aromatic heterocycles. The maximum Gasteiger partial charge on any atom is 0.265 e. The van der Waals surface area contributed by atoms with Crippen molar-refractivity contribution in [1.82, 2.24) is 0 Å². The van der Waals surface area contributed by atoms with Gasteiger partial charge < -0.3 is 19.7 Å². The Morgan fingerprint density at radius 2 is 1.90 bits per heavy atom. The van der Waals surface area contributed by atoms with Crippen LogP contribution in [0.1, 0.15) is 5.56 Å². The molecule has 158 valence electrons. The average molecular weight is 502 g/mol. The molecule has 1 aliphatic heterocycles. The lowest BCUT2D eigenvalue weighted by atomic mass is 10.1. The van der Waals surface area contributed by atoms with Crippen molar-refractivity contribution in [2.24, 2.45) is 0 Å². The molecule has 6 nitrogen and oxygen atoms in total. The third kappa shape index (κ3) is 5.18. The van der Waals surface area contributed by atoms with Gasteiger partial charge in [0.1, 0.15) is 11.5 Å². The van der Waals surface area contributed by atoms with Crippen molar-refractivity contribution in [2.45, 2.75) is 6.54 Å². The molecular weight excluding hydrogens is 484 g/mol. The van der Waals surface area contributed by atoms with E-state index in [-0.39, 0.29) is 25.0 Å². The van der Waals surface area contributed by atoms with Gasteiger partial charge in [-0.1, -0.05) is 51.8 Å². The van der Waals surface area contributed by atoms with E-state index in [9.17, 15) is 9.59 Å². The second-order valence-corrected chi connectivity index (χ2v) is 8.17. The third-order valence-electron chi connectivity index (χ3n) is 4.64. The van der Waals surface area contributed by atoms with Gasteiger partial charge in [0.15, 0.2) is 13.2 Å². The molecule has 0 radical (unpaired) electrons. The molecular formula is C23H18BrClN2O4. The Morgan fingerprint density at radius 3 is 2.68 bits per heavy atom. The number of carbonyl (C=O) groups excluding carboxylic acids is 2. The monoisotopic (exact) mass is 500 g/mol. The van der Waals surface area contributed by atoms with Crippen LogP contribution < -0.4 is 19.7 Å². The maximum atomic E-state index is 12.5. The van der Waals surface area contributed by atoms with E-state index >= 15 is 0 Å². The summed E-state index contributed by atoms with van der Waals surface area (Å²) in [4.78, 5) is 26.5. The summed E-state index contributed by atoms with van der Waals surface area (Å²) < 4.78 is 12.0. The van der Waals surface area contributed by atoms with E-state index in [0.717, 1.165) is 10.0 Å². The van der Waals surface area contributed by atoms with Gasteiger partial charge >= 0.3 is 0 Å². The fraction of sp³-hybridized carbons (Fsp3) is 0.130. The van der Waals surface area contributed by atoms with Crippen LogP contribution in [0.4, 0.5) is 11.4 Å². The topological polar surface area (TPSA) is 67.9 Å². The lowest BCUT2D eigenvalue weighted by molar-refractivity contribution is -0.121. The molecule has 0 fully saturated rings. The smallest absolute Gasteiger partial charge is 0.265 e. The molecule has 0 aliphatic carbocycles. The van der Waals surface area contributed by atoms with Crippen LogP contribution in [-0.4, -0.2) is 25.0 Å². The SMILES string of the molecule is O=C(COc1ccccc1Cl)Nc1ccc2c(c1)N(Cc1ccc(Br)cc1)C(=O)CO2. The number of benzene rings is 3. The highest BCUT2D eigenvalue weighted by molar-refractivity contribution is 9.10. The largest absolute Gasteiger partial charge is 0.482 e. The van der Waals surface area contributed by atoms with Crippen LogP contribution in [0, 0.1) is 0 Å². The molecule has 3 aromatic rings. The van der Waals surface area contributed by atoms with Crippen molar-refractivity contribution in [1.29, 1.82) is 0 Å². The van der Waals surface area contributed by atoms with Gasteiger partial charge in [-0.15, -0.1) is 0 Å². The molecule has 31 heavy (non-hydrogen) atoms. The van der Waals surface area contributed by atoms with Gasteiger partial charge in [-0.3, -0.25) is 9.59 Å². The van der Waals surface area contributed by atoms with E-state index in [1.165, 1.54) is 0 Å². The Bertz CT molecular complexity index is 1120. The number of ether oxygens (including phenoxy) is 2. The predicted octanol–water partition coefficient (Wildman–Crippen LogP) is 5.05. The highest BCUT2D eigenvalue weighted by Gasteiger charge is 2.26. The molecule has 0 atom stereocenters. The minimum absolute atomic E-state index is 0.0269. The Morgan fingerprint density at radius 1 is 1.13 bits per heavy atom. The van der Waals surface area contributed by atoms with Crippen molar-refractivity contribution in [3.05, 3.63) is 81.8 Å². The van der Waals surface area contributed by atoms with Gasteiger partial charge in [0.2, 0.25) is 0 Å².